The molecule has 6 nitrogen and oxygen atoms in total. The fourth-order valence-electron chi connectivity index (χ4n) is 5.03. The Morgan fingerprint density at radius 1 is 1.09 bits per heavy atom. The summed E-state index contributed by atoms with van der Waals surface area (Å²) in [4.78, 5) is 19.8. The first-order valence-electron chi connectivity index (χ1n) is 11.7. The Balaban J connectivity index is 1.24. The minimum Gasteiger partial charge on any atom is -0.497 e. The molecule has 3 heterocycles. The van der Waals surface area contributed by atoms with Crippen molar-refractivity contribution in [3.05, 3.63) is 59.9 Å². The fraction of sp³-hybridized carbons (Fsp3) is 0.462. The molecule has 168 valence electrons. The molecule has 3 aromatic rings. The number of piperidine rings is 1. The van der Waals surface area contributed by atoms with Crippen LogP contribution in [0.5, 0.6) is 5.75 Å². The molecule has 0 bridgehead atoms. The van der Waals surface area contributed by atoms with Gasteiger partial charge in [0, 0.05) is 32.2 Å². The zero-order chi connectivity index (χ0) is 21.9. The summed E-state index contributed by atoms with van der Waals surface area (Å²) in [6.45, 7) is 2.40. The van der Waals surface area contributed by atoms with Crippen LogP contribution in [0.3, 0.4) is 0 Å². The largest absolute Gasteiger partial charge is 0.497 e. The Labute approximate surface area is 189 Å². The summed E-state index contributed by atoms with van der Waals surface area (Å²) >= 11 is 0. The number of methoxy groups -OCH3 is 1. The topological polar surface area (TPSA) is 56.6 Å². The zero-order valence-corrected chi connectivity index (χ0v) is 18.7. The molecule has 32 heavy (non-hydrogen) atoms. The lowest BCUT2D eigenvalue weighted by molar-refractivity contribution is -0.132. The Bertz CT molecular complexity index is 1060. The third-order valence-electron chi connectivity index (χ3n) is 6.81. The van der Waals surface area contributed by atoms with Gasteiger partial charge in [0.05, 0.1) is 18.1 Å². The van der Waals surface area contributed by atoms with Crippen LogP contribution in [0.4, 0.5) is 0 Å². The van der Waals surface area contributed by atoms with Crippen LogP contribution in [0.15, 0.2) is 48.5 Å². The molecular weight excluding hydrogens is 402 g/mol. The van der Waals surface area contributed by atoms with E-state index in [1.807, 2.05) is 35.2 Å². The number of fused-ring (bicyclic) bond motifs is 1. The first kappa shape index (κ1) is 21.0. The van der Waals surface area contributed by atoms with Crippen molar-refractivity contribution in [1.29, 1.82) is 0 Å². The highest BCUT2D eigenvalue weighted by Crippen LogP contribution is 2.35. The zero-order valence-electron chi connectivity index (χ0n) is 18.7. The van der Waals surface area contributed by atoms with Gasteiger partial charge in [0.25, 0.3) is 0 Å². The minimum atomic E-state index is 0.0894. The Morgan fingerprint density at radius 3 is 2.59 bits per heavy atom. The van der Waals surface area contributed by atoms with Gasteiger partial charge in [0.2, 0.25) is 5.91 Å². The van der Waals surface area contributed by atoms with Crippen LogP contribution in [-0.4, -0.2) is 47.2 Å². The number of rotatable bonds is 6. The molecule has 2 aromatic carbocycles. The molecule has 2 saturated heterocycles. The number of benzene rings is 2. The monoisotopic (exact) mass is 433 g/mol. The van der Waals surface area contributed by atoms with Crippen molar-refractivity contribution in [2.75, 3.05) is 26.8 Å². The van der Waals surface area contributed by atoms with Crippen molar-refractivity contribution in [1.82, 2.24) is 14.5 Å². The molecule has 0 aliphatic carbocycles. The second-order valence-corrected chi connectivity index (χ2v) is 8.79. The van der Waals surface area contributed by atoms with Gasteiger partial charge in [-0.05, 0) is 61.9 Å². The van der Waals surface area contributed by atoms with Crippen molar-refractivity contribution < 1.29 is 14.3 Å². The molecule has 0 radical (unpaired) electrons. The summed E-state index contributed by atoms with van der Waals surface area (Å²) in [6.07, 6.45) is 5.43. The predicted molar refractivity (Wildman–Crippen MR) is 124 cm³/mol. The molecule has 2 aliphatic rings. The number of hydrogen-bond acceptors (Lipinski definition) is 4. The van der Waals surface area contributed by atoms with Gasteiger partial charge in [0.15, 0.2) is 0 Å². The molecule has 0 N–H and O–H groups in total. The van der Waals surface area contributed by atoms with Gasteiger partial charge in [-0.2, -0.15) is 0 Å². The van der Waals surface area contributed by atoms with Crippen LogP contribution in [0.1, 0.15) is 55.6 Å². The lowest BCUT2D eigenvalue weighted by Gasteiger charge is -2.34. The molecule has 1 amide bonds. The Kier molecular flexibility index (Phi) is 6.12. The molecular formula is C26H31N3O3. The van der Waals surface area contributed by atoms with E-state index in [0.29, 0.717) is 12.5 Å². The second-order valence-electron chi connectivity index (χ2n) is 8.79. The van der Waals surface area contributed by atoms with Gasteiger partial charge in [0.1, 0.15) is 17.7 Å². The smallest absolute Gasteiger partial charge is 0.222 e. The predicted octanol–water partition coefficient (Wildman–Crippen LogP) is 4.69. The average molecular weight is 434 g/mol. The highest BCUT2D eigenvalue weighted by molar-refractivity contribution is 5.77. The number of carbonyl (C=O) groups excluding carboxylic acids is 1. The molecule has 0 unspecified atom stereocenters. The Morgan fingerprint density at radius 2 is 1.88 bits per heavy atom. The molecule has 1 aromatic heterocycles. The standard InChI is InChI=1S/C26H31N3O3/c1-31-21-11-8-19(9-12-21)10-13-25(30)28-16-14-20(15-17-28)29-23-6-3-2-5-22(23)27-26(29)24-7-4-18-32-24/h2-3,5-6,8-9,11-12,20,24H,4,7,10,13-18H2,1H3/t24-/m1/s1. The van der Waals surface area contributed by atoms with Gasteiger partial charge in [-0.25, -0.2) is 4.98 Å². The lowest BCUT2D eigenvalue weighted by atomic mass is 10.0. The lowest BCUT2D eigenvalue weighted by Crippen LogP contribution is -2.39. The van der Waals surface area contributed by atoms with Gasteiger partial charge >= 0.3 is 0 Å². The number of aryl methyl sites for hydroxylation is 1. The number of hydrogen-bond donors (Lipinski definition) is 0. The molecule has 0 spiro atoms. The van der Waals surface area contributed by atoms with E-state index in [9.17, 15) is 4.79 Å². The summed E-state index contributed by atoms with van der Waals surface area (Å²) in [5.41, 5.74) is 3.39. The molecule has 5 rings (SSSR count). The van der Waals surface area contributed by atoms with E-state index in [1.165, 1.54) is 11.1 Å². The number of aromatic nitrogens is 2. The maximum Gasteiger partial charge on any atom is 0.222 e. The van der Waals surface area contributed by atoms with Crippen LogP contribution < -0.4 is 4.74 Å². The third kappa shape index (κ3) is 4.24. The number of carbonyl (C=O) groups is 1. The SMILES string of the molecule is COc1ccc(CCC(=O)N2CCC(n3c([C@H]4CCCO4)nc4ccccc43)CC2)cc1. The van der Waals surface area contributed by atoms with Crippen LogP contribution in [0.2, 0.25) is 0 Å². The van der Waals surface area contributed by atoms with Crippen molar-refractivity contribution in [2.45, 2.75) is 50.7 Å². The molecule has 1 atom stereocenters. The second kappa shape index (κ2) is 9.33. The van der Waals surface area contributed by atoms with Crippen LogP contribution >= 0.6 is 0 Å². The van der Waals surface area contributed by atoms with E-state index >= 15 is 0 Å². The van der Waals surface area contributed by atoms with E-state index in [4.69, 9.17) is 14.5 Å². The van der Waals surface area contributed by atoms with Crippen molar-refractivity contribution in [3.8, 4) is 5.75 Å². The average Bonchev–Trinajstić information content (AvgIpc) is 3.51. The van der Waals surface area contributed by atoms with E-state index in [2.05, 4.69) is 22.8 Å². The van der Waals surface area contributed by atoms with Gasteiger partial charge in [-0.15, -0.1) is 0 Å². The highest BCUT2D eigenvalue weighted by atomic mass is 16.5. The molecule has 2 aliphatic heterocycles. The molecule has 6 heteroatoms. The molecule has 2 fully saturated rings. The number of ether oxygens (including phenoxy) is 2. The summed E-state index contributed by atoms with van der Waals surface area (Å²) in [7, 11) is 1.67. The Hall–Kier alpha value is -2.86. The van der Waals surface area contributed by atoms with Gasteiger partial charge < -0.3 is 18.9 Å². The van der Waals surface area contributed by atoms with Crippen LogP contribution in [-0.2, 0) is 16.0 Å². The van der Waals surface area contributed by atoms with Gasteiger partial charge in [-0.3, -0.25) is 4.79 Å². The summed E-state index contributed by atoms with van der Waals surface area (Å²) in [5, 5.41) is 0. The summed E-state index contributed by atoms with van der Waals surface area (Å²) in [6, 6.07) is 16.7. The highest BCUT2D eigenvalue weighted by Gasteiger charge is 2.30. The summed E-state index contributed by atoms with van der Waals surface area (Å²) in [5.74, 6) is 2.15. The van der Waals surface area contributed by atoms with Crippen molar-refractivity contribution in [3.63, 3.8) is 0 Å². The van der Waals surface area contributed by atoms with Crippen LogP contribution in [0.25, 0.3) is 11.0 Å². The van der Waals surface area contributed by atoms with E-state index in [1.54, 1.807) is 7.11 Å². The summed E-state index contributed by atoms with van der Waals surface area (Å²) < 4.78 is 13.6. The normalized spacial score (nSPS) is 19.5. The number of likely N-dealkylation sites (tertiary alicyclic amines) is 1. The maximum absolute atomic E-state index is 12.8. The first-order chi connectivity index (χ1) is 15.7. The quantitative estimate of drug-likeness (QED) is 0.566. The van der Waals surface area contributed by atoms with Crippen LogP contribution in [0, 0.1) is 0 Å². The van der Waals surface area contributed by atoms with Gasteiger partial charge in [-0.1, -0.05) is 24.3 Å². The fourth-order valence-corrected chi connectivity index (χ4v) is 5.03. The van der Waals surface area contributed by atoms with Crippen molar-refractivity contribution >= 4 is 16.9 Å². The van der Waals surface area contributed by atoms with Crippen molar-refractivity contribution in [2.24, 2.45) is 0 Å². The van der Waals surface area contributed by atoms with E-state index in [-0.39, 0.29) is 12.0 Å². The van der Waals surface area contributed by atoms with E-state index in [0.717, 1.165) is 68.9 Å². The number of imidazole rings is 1. The molecule has 0 saturated carbocycles. The number of amides is 1. The minimum absolute atomic E-state index is 0.0894. The maximum atomic E-state index is 12.8. The number of nitrogens with zero attached hydrogens (tertiary/aromatic N) is 3. The number of para-hydroxylation sites is 2. The van der Waals surface area contributed by atoms with E-state index < -0.39 is 0 Å². The first-order valence-corrected chi connectivity index (χ1v) is 11.7. The third-order valence-corrected chi connectivity index (χ3v) is 6.81.